The molecule has 0 bridgehead atoms. The van der Waals surface area contributed by atoms with E-state index >= 15 is 0 Å². The number of fused-ring (bicyclic) bond motifs is 3. The third-order valence-corrected chi connectivity index (χ3v) is 8.66. The molecule has 0 unspecified atom stereocenters. The first-order valence-corrected chi connectivity index (χ1v) is 14.9. The highest BCUT2D eigenvalue weighted by atomic mass is 19.4. The lowest BCUT2D eigenvalue weighted by Crippen LogP contribution is -2.47. The molecule has 1 fully saturated rings. The first-order valence-electron chi connectivity index (χ1n) is 14.9. The number of carbonyl (C=O) groups excluding carboxylic acids is 2. The van der Waals surface area contributed by atoms with E-state index < -0.39 is 24.0 Å². The van der Waals surface area contributed by atoms with E-state index in [-0.39, 0.29) is 5.91 Å². The Morgan fingerprint density at radius 3 is 2.02 bits per heavy atom. The fourth-order valence-corrected chi connectivity index (χ4v) is 6.51. The fourth-order valence-electron chi connectivity index (χ4n) is 6.51. The molecule has 3 aromatic rings. The van der Waals surface area contributed by atoms with Gasteiger partial charge in [0.05, 0.1) is 0 Å². The van der Waals surface area contributed by atoms with Crippen LogP contribution in [0.4, 0.5) is 13.2 Å². The van der Waals surface area contributed by atoms with Crippen molar-refractivity contribution < 1.29 is 22.8 Å². The Kier molecular flexibility index (Phi) is 9.31. The minimum Gasteiger partial charge on any atom is -0.346 e. The van der Waals surface area contributed by atoms with E-state index in [2.05, 4.69) is 10.6 Å². The Labute approximate surface area is 245 Å². The lowest BCUT2D eigenvalue weighted by molar-refractivity contribution is -0.141. The second-order valence-electron chi connectivity index (χ2n) is 11.4. The number of nitrogens with zero attached hydrogens (tertiary/aromatic N) is 1. The second-order valence-corrected chi connectivity index (χ2v) is 11.4. The summed E-state index contributed by atoms with van der Waals surface area (Å²) in [5.74, 6) is 0.0312. The van der Waals surface area contributed by atoms with Crippen molar-refractivity contribution >= 4 is 11.8 Å². The Balaban J connectivity index is 1.12. The number of halogens is 3. The molecule has 1 aliphatic carbocycles. The maximum atomic E-state index is 13.6. The van der Waals surface area contributed by atoms with Crippen LogP contribution < -0.4 is 10.6 Å². The average molecular weight is 578 g/mol. The number of nitrogens with one attached hydrogen (secondary N) is 2. The van der Waals surface area contributed by atoms with Gasteiger partial charge < -0.3 is 15.5 Å². The predicted molar refractivity (Wildman–Crippen MR) is 158 cm³/mol. The number of carbonyl (C=O) groups is 2. The summed E-state index contributed by atoms with van der Waals surface area (Å²) in [5, 5.41) is 5.76. The number of unbranched alkanes of at least 4 members (excludes halogenated alkanes) is 2. The quantitative estimate of drug-likeness (QED) is 0.262. The molecule has 0 radical (unpaired) electrons. The first kappa shape index (κ1) is 29.8. The van der Waals surface area contributed by atoms with Crippen LogP contribution in [0.1, 0.15) is 60.0 Å². The van der Waals surface area contributed by atoms with Crippen LogP contribution in [0.2, 0.25) is 0 Å². The molecular formula is C34H38F3N3O2. The summed E-state index contributed by atoms with van der Waals surface area (Å²) in [6, 6.07) is 24.5. The third kappa shape index (κ3) is 6.54. The van der Waals surface area contributed by atoms with Gasteiger partial charge in [-0.05, 0) is 79.1 Å². The van der Waals surface area contributed by atoms with E-state index in [9.17, 15) is 22.8 Å². The molecule has 2 amide bonds. The van der Waals surface area contributed by atoms with Crippen molar-refractivity contribution in [2.24, 2.45) is 5.92 Å². The molecule has 0 saturated carbocycles. The van der Waals surface area contributed by atoms with Gasteiger partial charge in [0.1, 0.15) is 12.0 Å². The van der Waals surface area contributed by atoms with E-state index in [1.54, 1.807) is 0 Å². The second kappa shape index (κ2) is 13.1. The van der Waals surface area contributed by atoms with Gasteiger partial charge in [-0.25, -0.2) is 0 Å². The van der Waals surface area contributed by atoms with Crippen LogP contribution in [0.5, 0.6) is 0 Å². The van der Waals surface area contributed by atoms with Crippen LogP contribution in [0.15, 0.2) is 78.9 Å². The van der Waals surface area contributed by atoms with E-state index in [1.165, 1.54) is 0 Å². The largest absolute Gasteiger partial charge is 0.405 e. The Bertz CT molecular complexity index is 1320. The summed E-state index contributed by atoms with van der Waals surface area (Å²) in [6.45, 7) is 1.92. The Morgan fingerprint density at radius 2 is 1.40 bits per heavy atom. The average Bonchev–Trinajstić information content (AvgIpc) is 3.30. The third-order valence-electron chi connectivity index (χ3n) is 8.66. The van der Waals surface area contributed by atoms with Gasteiger partial charge in [-0.15, -0.1) is 0 Å². The van der Waals surface area contributed by atoms with Crippen molar-refractivity contribution in [1.82, 2.24) is 15.5 Å². The number of hydrogen-bond acceptors (Lipinski definition) is 3. The molecule has 3 aromatic carbocycles. The molecule has 2 aliphatic rings. The molecular weight excluding hydrogens is 539 g/mol. The minimum atomic E-state index is -4.48. The van der Waals surface area contributed by atoms with Crippen LogP contribution in [-0.2, 0) is 10.2 Å². The number of benzene rings is 3. The Hall–Kier alpha value is -3.65. The van der Waals surface area contributed by atoms with Crippen LogP contribution in [0, 0.1) is 5.92 Å². The molecule has 8 heteroatoms. The van der Waals surface area contributed by atoms with Crippen molar-refractivity contribution in [1.29, 1.82) is 0 Å². The number of amides is 2. The van der Waals surface area contributed by atoms with Crippen LogP contribution in [-0.4, -0.2) is 55.6 Å². The van der Waals surface area contributed by atoms with Crippen LogP contribution >= 0.6 is 0 Å². The molecule has 0 aromatic heterocycles. The smallest absolute Gasteiger partial charge is 0.346 e. The van der Waals surface area contributed by atoms with Gasteiger partial charge in [0.15, 0.2) is 0 Å². The van der Waals surface area contributed by atoms with Gasteiger partial charge in [-0.1, -0.05) is 79.6 Å². The number of rotatable bonds is 11. The summed E-state index contributed by atoms with van der Waals surface area (Å²) >= 11 is 0. The number of piperidine rings is 1. The normalized spacial score (nSPS) is 16.1. The number of hydrogen-bond donors (Lipinski definition) is 2. The maximum Gasteiger partial charge on any atom is 0.405 e. The molecule has 0 atom stereocenters. The van der Waals surface area contributed by atoms with E-state index in [4.69, 9.17) is 0 Å². The van der Waals surface area contributed by atoms with Crippen molar-refractivity contribution in [2.45, 2.75) is 50.1 Å². The standard InChI is InChI=1S/C34H38F3N3O2/c35-34(36,37)24-39-32(42)33(29-15-7-5-13-27(29)28-14-6-8-16-30(28)33)19-9-2-10-20-38-23-25-17-21-40(22-18-25)31(41)26-11-3-1-4-12-26/h1,3-8,11-16,25,38H,2,9-10,17-24H2,(H,39,42). The molecule has 42 heavy (non-hydrogen) atoms. The van der Waals surface area contributed by atoms with Crippen molar-refractivity contribution in [3.05, 3.63) is 95.6 Å². The fraction of sp³-hybridized carbons (Fsp3) is 0.412. The lowest BCUT2D eigenvalue weighted by Gasteiger charge is -2.32. The predicted octanol–water partition coefficient (Wildman–Crippen LogP) is 6.33. The van der Waals surface area contributed by atoms with Crippen molar-refractivity contribution in [3.63, 3.8) is 0 Å². The van der Waals surface area contributed by atoms with Gasteiger partial charge in [0.25, 0.3) is 5.91 Å². The van der Waals surface area contributed by atoms with Gasteiger partial charge in [-0.3, -0.25) is 9.59 Å². The molecule has 1 aliphatic heterocycles. The van der Waals surface area contributed by atoms with E-state index in [1.807, 2.05) is 83.8 Å². The molecule has 1 saturated heterocycles. The SMILES string of the molecule is O=C(c1ccccc1)N1CCC(CNCCCCCC2(C(=O)NCC(F)(F)F)c3ccccc3-c3ccccc32)CC1. The molecule has 5 nitrogen and oxygen atoms in total. The first-order chi connectivity index (χ1) is 20.3. The molecule has 5 rings (SSSR count). The Morgan fingerprint density at radius 1 is 0.810 bits per heavy atom. The highest BCUT2D eigenvalue weighted by molar-refractivity contribution is 6.00. The summed E-state index contributed by atoms with van der Waals surface area (Å²) in [5.41, 5.74) is 2.97. The van der Waals surface area contributed by atoms with Gasteiger partial charge >= 0.3 is 6.18 Å². The molecule has 222 valence electrons. The summed E-state index contributed by atoms with van der Waals surface area (Å²) in [7, 11) is 0. The van der Waals surface area contributed by atoms with Crippen molar-refractivity contribution in [2.75, 3.05) is 32.7 Å². The molecule has 1 heterocycles. The summed E-state index contributed by atoms with van der Waals surface area (Å²) in [4.78, 5) is 28.2. The van der Waals surface area contributed by atoms with Crippen LogP contribution in [0.3, 0.4) is 0 Å². The van der Waals surface area contributed by atoms with Gasteiger partial charge in [0, 0.05) is 18.7 Å². The van der Waals surface area contributed by atoms with E-state index in [0.717, 1.165) is 79.7 Å². The molecule has 0 spiro atoms. The zero-order valence-electron chi connectivity index (χ0n) is 23.8. The summed E-state index contributed by atoms with van der Waals surface area (Å²) < 4.78 is 39.2. The number of alkyl halides is 3. The zero-order valence-corrected chi connectivity index (χ0v) is 23.8. The lowest BCUT2D eigenvalue weighted by atomic mass is 9.73. The highest BCUT2D eigenvalue weighted by Gasteiger charge is 2.49. The van der Waals surface area contributed by atoms with Crippen LogP contribution in [0.25, 0.3) is 11.1 Å². The van der Waals surface area contributed by atoms with E-state index in [0.29, 0.717) is 18.8 Å². The van der Waals surface area contributed by atoms with Gasteiger partial charge in [-0.2, -0.15) is 13.2 Å². The maximum absolute atomic E-state index is 13.6. The zero-order chi connectivity index (χ0) is 29.6. The molecule has 2 N–H and O–H groups in total. The van der Waals surface area contributed by atoms with Crippen molar-refractivity contribution in [3.8, 4) is 11.1 Å². The highest BCUT2D eigenvalue weighted by Crippen LogP contribution is 2.51. The van der Waals surface area contributed by atoms with Gasteiger partial charge in [0.2, 0.25) is 5.91 Å². The topological polar surface area (TPSA) is 61.4 Å². The number of likely N-dealkylation sites (tertiary alicyclic amines) is 1. The summed E-state index contributed by atoms with van der Waals surface area (Å²) in [6.07, 6.45) is 0.390. The monoisotopic (exact) mass is 577 g/mol. The minimum absolute atomic E-state index is 0.0966.